The highest BCUT2D eigenvalue weighted by molar-refractivity contribution is 5.94. The third-order valence-electron chi connectivity index (χ3n) is 5.17. The van der Waals surface area contributed by atoms with E-state index in [9.17, 15) is 9.59 Å². The van der Waals surface area contributed by atoms with Crippen molar-refractivity contribution in [3.05, 3.63) is 34.9 Å². The summed E-state index contributed by atoms with van der Waals surface area (Å²) in [4.78, 5) is 30.9. The highest BCUT2D eigenvalue weighted by Crippen LogP contribution is 2.23. The zero-order valence-corrected chi connectivity index (χ0v) is 14.9. The number of rotatable bonds is 3. The fraction of sp³-hybridized carbons (Fsp3) is 0.579. The Bertz CT molecular complexity index is 615. The summed E-state index contributed by atoms with van der Waals surface area (Å²) in [5.41, 5.74) is 3.02. The number of benzene rings is 1. The molecule has 1 aromatic rings. The zero-order valence-electron chi connectivity index (χ0n) is 14.9. The first kappa shape index (κ1) is 16.8. The number of carbonyl (C=O) groups excluding carboxylic acids is 2. The summed E-state index contributed by atoms with van der Waals surface area (Å²) < 4.78 is 0. The van der Waals surface area contributed by atoms with E-state index in [4.69, 9.17) is 0 Å². The minimum atomic E-state index is 0.114. The van der Waals surface area contributed by atoms with Gasteiger partial charge in [-0.25, -0.2) is 4.79 Å². The average molecular weight is 329 g/mol. The van der Waals surface area contributed by atoms with Crippen molar-refractivity contribution in [3.8, 4) is 0 Å². The molecule has 3 rings (SSSR count). The second-order valence-electron chi connectivity index (χ2n) is 6.96. The highest BCUT2D eigenvalue weighted by atomic mass is 16.2. The van der Waals surface area contributed by atoms with E-state index < -0.39 is 0 Å². The standard InChI is InChI=1S/C19H27N3O2/c1-4-20-9-10-22(19(20)24)17-5-7-21(8-6-17)18(23)16-12-14(2)11-15(3)13-16/h11-13,17H,4-10H2,1-3H3. The summed E-state index contributed by atoms with van der Waals surface area (Å²) >= 11 is 0. The smallest absolute Gasteiger partial charge is 0.320 e. The van der Waals surface area contributed by atoms with Gasteiger partial charge in [0.05, 0.1) is 0 Å². The number of aryl methyl sites for hydroxylation is 2. The minimum Gasteiger partial charge on any atom is -0.338 e. The van der Waals surface area contributed by atoms with Crippen LogP contribution in [0.4, 0.5) is 4.79 Å². The summed E-state index contributed by atoms with van der Waals surface area (Å²) in [5, 5.41) is 0. The largest absolute Gasteiger partial charge is 0.338 e. The molecule has 0 spiro atoms. The van der Waals surface area contributed by atoms with Crippen LogP contribution in [0.15, 0.2) is 18.2 Å². The Morgan fingerprint density at radius 3 is 2.21 bits per heavy atom. The maximum Gasteiger partial charge on any atom is 0.320 e. The Kier molecular flexibility index (Phi) is 4.78. The SMILES string of the molecule is CCN1CCN(C2CCN(C(=O)c3cc(C)cc(C)c3)CC2)C1=O. The van der Waals surface area contributed by atoms with Gasteiger partial charge in [-0.15, -0.1) is 0 Å². The predicted octanol–water partition coefficient (Wildman–Crippen LogP) is 2.67. The second-order valence-corrected chi connectivity index (χ2v) is 6.96. The van der Waals surface area contributed by atoms with Gasteiger partial charge in [0.15, 0.2) is 0 Å². The molecule has 0 radical (unpaired) electrons. The number of hydrogen-bond donors (Lipinski definition) is 0. The number of urea groups is 1. The lowest BCUT2D eigenvalue weighted by Crippen LogP contribution is -2.48. The van der Waals surface area contributed by atoms with E-state index in [0.29, 0.717) is 0 Å². The van der Waals surface area contributed by atoms with E-state index in [0.717, 1.165) is 62.3 Å². The van der Waals surface area contributed by atoms with E-state index in [2.05, 4.69) is 6.07 Å². The summed E-state index contributed by atoms with van der Waals surface area (Å²) in [7, 11) is 0. The van der Waals surface area contributed by atoms with Crippen LogP contribution in [-0.2, 0) is 0 Å². The molecule has 0 bridgehead atoms. The van der Waals surface area contributed by atoms with Crippen molar-refractivity contribution in [2.24, 2.45) is 0 Å². The van der Waals surface area contributed by atoms with E-state index in [1.807, 2.05) is 47.6 Å². The van der Waals surface area contributed by atoms with Gasteiger partial charge in [0, 0.05) is 44.3 Å². The lowest BCUT2D eigenvalue weighted by atomic mass is 10.0. The molecule has 2 aliphatic rings. The summed E-state index contributed by atoms with van der Waals surface area (Å²) in [6.07, 6.45) is 1.75. The van der Waals surface area contributed by atoms with E-state index in [-0.39, 0.29) is 18.0 Å². The fourth-order valence-corrected chi connectivity index (χ4v) is 3.89. The third-order valence-corrected chi connectivity index (χ3v) is 5.17. The van der Waals surface area contributed by atoms with Crippen molar-refractivity contribution in [2.75, 3.05) is 32.7 Å². The number of carbonyl (C=O) groups is 2. The molecule has 0 atom stereocenters. The molecule has 1 aromatic carbocycles. The van der Waals surface area contributed by atoms with Crippen LogP contribution in [0.3, 0.4) is 0 Å². The van der Waals surface area contributed by atoms with Crippen LogP contribution in [0.2, 0.25) is 0 Å². The highest BCUT2D eigenvalue weighted by Gasteiger charge is 2.35. The van der Waals surface area contributed by atoms with Gasteiger partial charge in [-0.3, -0.25) is 4.79 Å². The van der Waals surface area contributed by atoms with Gasteiger partial charge in [0.25, 0.3) is 5.91 Å². The second kappa shape index (κ2) is 6.83. The topological polar surface area (TPSA) is 43.9 Å². The first-order valence-corrected chi connectivity index (χ1v) is 8.92. The Hall–Kier alpha value is -2.04. The molecule has 0 aromatic heterocycles. The monoisotopic (exact) mass is 329 g/mol. The third kappa shape index (κ3) is 3.25. The minimum absolute atomic E-state index is 0.114. The molecule has 0 aliphatic carbocycles. The van der Waals surface area contributed by atoms with E-state index in [1.165, 1.54) is 0 Å². The molecule has 0 N–H and O–H groups in total. The molecule has 2 aliphatic heterocycles. The first-order valence-electron chi connectivity index (χ1n) is 8.92. The van der Waals surface area contributed by atoms with Gasteiger partial charge < -0.3 is 14.7 Å². The van der Waals surface area contributed by atoms with Gasteiger partial charge >= 0.3 is 6.03 Å². The molecule has 5 nitrogen and oxygen atoms in total. The molecule has 24 heavy (non-hydrogen) atoms. The predicted molar refractivity (Wildman–Crippen MR) is 94.2 cm³/mol. The molecular weight excluding hydrogens is 302 g/mol. The Balaban J connectivity index is 1.61. The lowest BCUT2D eigenvalue weighted by Gasteiger charge is -2.36. The van der Waals surface area contributed by atoms with Crippen molar-refractivity contribution in [3.63, 3.8) is 0 Å². The van der Waals surface area contributed by atoms with Gasteiger partial charge in [0.1, 0.15) is 0 Å². The summed E-state index contributed by atoms with van der Waals surface area (Å²) in [6.45, 7) is 9.95. The first-order chi connectivity index (χ1) is 11.5. The Morgan fingerprint density at radius 2 is 1.67 bits per heavy atom. The number of likely N-dealkylation sites (N-methyl/N-ethyl adjacent to an activating group) is 1. The summed E-state index contributed by atoms with van der Waals surface area (Å²) in [5.74, 6) is 0.114. The van der Waals surface area contributed by atoms with Crippen molar-refractivity contribution in [1.82, 2.24) is 14.7 Å². The number of hydrogen-bond acceptors (Lipinski definition) is 2. The van der Waals surface area contributed by atoms with E-state index in [1.54, 1.807) is 0 Å². The van der Waals surface area contributed by atoms with Crippen LogP contribution in [0.25, 0.3) is 0 Å². The fourth-order valence-electron chi connectivity index (χ4n) is 3.89. The number of nitrogens with zero attached hydrogens (tertiary/aromatic N) is 3. The lowest BCUT2D eigenvalue weighted by molar-refractivity contribution is 0.0663. The van der Waals surface area contributed by atoms with E-state index >= 15 is 0 Å². The molecule has 2 heterocycles. The molecule has 0 saturated carbocycles. The van der Waals surface area contributed by atoms with Crippen molar-refractivity contribution in [1.29, 1.82) is 0 Å². The van der Waals surface area contributed by atoms with Crippen molar-refractivity contribution >= 4 is 11.9 Å². The van der Waals surface area contributed by atoms with Crippen LogP contribution >= 0.6 is 0 Å². The quantitative estimate of drug-likeness (QED) is 0.856. The van der Waals surface area contributed by atoms with Gasteiger partial charge in [-0.05, 0) is 45.7 Å². The molecular formula is C19H27N3O2. The van der Waals surface area contributed by atoms with Crippen LogP contribution in [-0.4, -0.2) is 65.4 Å². The van der Waals surface area contributed by atoms with Crippen LogP contribution in [0, 0.1) is 13.8 Å². The molecule has 0 unspecified atom stereocenters. The number of likely N-dealkylation sites (tertiary alicyclic amines) is 1. The van der Waals surface area contributed by atoms with Crippen molar-refractivity contribution in [2.45, 2.75) is 39.7 Å². The normalized spacial score (nSPS) is 19.3. The molecule has 5 heteroatoms. The van der Waals surface area contributed by atoms with Gasteiger partial charge in [0.2, 0.25) is 0 Å². The number of amides is 3. The zero-order chi connectivity index (χ0) is 17.3. The summed E-state index contributed by atoms with van der Waals surface area (Å²) in [6, 6.07) is 6.45. The maximum absolute atomic E-state index is 12.7. The molecule has 2 fully saturated rings. The molecule has 130 valence electrons. The molecule has 3 amide bonds. The average Bonchev–Trinajstić information content (AvgIpc) is 2.94. The van der Waals surface area contributed by atoms with Gasteiger partial charge in [-0.1, -0.05) is 17.2 Å². The van der Waals surface area contributed by atoms with Crippen molar-refractivity contribution < 1.29 is 9.59 Å². The van der Waals surface area contributed by atoms with Crippen LogP contribution < -0.4 is 0 Å². The Morgan fingerprint density at radius 1 is 1.04 bits per heavy atom. The number of piperidine rings is 1. The Labute approximate surface area is 144 Å². The van der Waals surface area contributed by atoms with Crippen LogP contribution in [0.5, 0.6) is 0 Å². The maximum atomic E-state index is 12.7. The molecule has 2 saturated heterocycles. The van der Waals surface area contributed by atoms with Crippen LogP contribution in [0.1, 0.15) is 41.3 Å². The van der Waals surface area contributed by atoms with Gasteiger partial charge in [-0.2, -0.15) is 0 Å².